The van der Waals surface area contributed by atoms with Gasteiger partial charge < -0.3 is 10.6 Å². The standard InChI is InChI=1S/C10H17N3S/c1-13-3-2-8(6-13)4-10-12-9(5-11)7-14-10/h7-8H,2-6,11H2,1H3. The zero-order chi connectivity index (χ0) is 9.97. The third kappa shape index (κ3) is 2.32. The molecule has 0 bridgehead atoms. The molecule has 78 valence electrons. The molecule has 2 heterocycles. The monoisotopic (exact) mass is 211 g/mol. The topological polar surface area (TPSA) is 42.2 Å². The molecule has 1 fully saturated rings. The summed E-state index contributed by atoms with van der Waals surface area (Å²) in [5.74, 6) is 0.803. The Morgan fingerprint density at radius 3 is 3.14 bits per heavy atom. The number of hydrogen-bond acceptors (Lipinski definition) is 4. The molecule has 1 aromatic heterocycles. The van der Waals surface area contributed by atoms with Crippen LogP contribution in [0, 0.1) is 5.92 Å². The maximum atomic E-state index is 5.53. The summed E-state index contributed by atoms with van der Waals surface area (Å²) in [5, 5.41) is 3.33. The summed E-state index contributed by atoms with van der Waals surface area (Å²) < 4.78 is 0. The summed E-state index contributed by atoms with van der Waals surface area (Å²) >= 11 is 1.75. The largest absolute Gasteiger partial charge is 0.325 e. The van der Waals surface area contributed by atoms with E-state index < -0.39 is 0 Å². The molecule has 3 nitrogen and oxygen atoms in total. The lowest BCUT2D eigenvalue weighted by Gasteiger charge is -2.07. The quantitative estimate of drug-likeness (QED) is 0.814. The molecule has 2 N–H and O–H groups in total. The Hall–Kier alpha value is -0.450. The normalized spacial score (nSPS) is 23.1. The van der Waals surface area contributed by atoms with E-state index in [1.54, 1.807) is 11.3 Å². The van der Waals surface area contributed by atoms with Crippen LogP contribution < -0.4 is 5.73 Å². The zero-order valence-electron chi connectivity index (χ0n) is 8.57. The number of nitrogens with two attached hydrogens (primary N) is 1. The van der Waals surface area contributed by atoms with Crippen molar-refractivity contribution >= 4 is 11.3 Å². The van der Waals surface area contributed by atoms with E-state index in [-0.39, 0.29) is 0 Å². The van der Waals surface area contributed by atoms with Crippen molar-refractivity contribution in [3.05, 3.63) is 16.1 Å². The lowest BCUT2D eigenvalue weighted by atomic mass is 10.1. The molecule has 0 saturated carbocycles. The first-order valence-corrected chi connectivity index (χ1v) is 5.98. The minimum absolute atomic E-state index is 0.571. The van der Waals surface area contributed by atoms with Crippen molar-refractivity contribution in [1.82, 2.24) is 9.88 Å². The maximum Gasteiger partial charge on any atom is 0.0932 e. The summed E-state index contributed by atoms with van der Waals surface area (Å²) in [5.41, 5.74) is 6.57. The fourth-order valence-electron chi connectivity index (χ4n) is 1.98. The van der Waals surface area contributed by atoms with Crippen molar-refractivity contribution in [2.45, 2.75) is 19.4 Å². The van der Waals surface area contributed by atoms with Gasteiger partial charge in [0.05, 0.1) is 10.7 Å². The molecule has 1 aliphatic heterocycles. The highest BCUT2D eigenvalue weighted by molar-refractivity contribution is 7.09. The van der Waals surface area contributed by atoms with Gasteiger partial charge in [-0.25, -0.2) is 4.98 Å². The molecule has 0 aromatic carbocycles. The average Bonchev–Trinajstić information content (AvgIpc) is 2.76. The van der Waals surface area contributed by atoms with E-state index in [1.165, 1.54) is 24.5 Å². The van der Waals surface area contributed by atoms with Gasteiger partial charge in [-0.3, -0.25) is 0 Å². The SMILES string of the molecule is CN1CCC(Cc2nc(CN)cs2)C1. The minimum Gasteiger partial charge on any atom is -0.325 e. The molecular formula is C10H17N3S. The van der Waals surface area contributed by atoms with Gasteiger partial charge in [-0.2, -0.15) is 0 Å². The van der Waals surface area contributed by atoms with Crippen LogP contribution in [-0.2, 0) is 13.0 Å². The number of hydrogen-bond donors (Lipinski definition) is 1. The van der Waals surface area contributed by atoms with Gasteiger partial charge in [0.25, 0.3) is 0 Å². The van der Waals surface area contributed by atoms with Crippen molar-refractivity contribution in [1.29, 1.82) is 0 Å². The average molecular weight is 211 g/mol. The number of thiazole rings is 1. The van der Waals surface area contributed by atoms with Crippen molar-refractivity contribution in [2.24, 2.45) is 11.7 Å². The molecule has 1 saturated heterocycles. The van der Waals surface area contributed by atoms with Crippen LogP contribution in [0.3, 0.4) is 0 Å². The van der Waals surface area contributed by atoms with Gasteiger partial charge >= 0.3 is 0 Å². The highest BCUT2D eigenvalue weighted by atomic mass is 32.1. The Labute approximate surface area is 88.9 Å². The van der Waals surface area contributed by atoms with Crippen molar-refractivity contribution in [3.8, 4) is 0 Å². The second-order valence-electron chi connectivity index (χ2n) is 4.06. The van der Waals surface area contributed by atoms with Gasteiger partial charge in [-0.15, -0.1) is 11.3 Å². The second kappa shape index (κ2) is 4.38. The summed E-state index contributed by atoms with van der Waals surface area (Å²) in [6.07, 6.45) is 2.45. The Balaban J connectivity index is 1.90. The molecular weight excluding hydrogens is 194 g/mol. The van der Waals surface area contributed by atoms with Crippen LogP contribution in [0.4, 0.5) is 0 Å². The van der Waals surface area contributed by atoms with E-state index in [1.807, 2.05) is 0 Å². The molecule has 0 spiro atoms. The lowest BCUT2D eigenvalue weighted by Crippen LogP contribution is -2.14. The predicted molar refractivity (Wildman–Crippen MR) is 59.3 cm³/mol. The molecule has 1 aromatic rings. The Morgan fingerprint density at radius 2 is 2.57 bits per heavy atom. The number of likely N-dealkylation sites (tertiary alicyclic amines) is 1. The van der Waals surface area contributed by atoms with Gasteiger partial charge in [0.2, 0.25) is 0 Å². The molecule has 0 aliphatic carbocycles. The van der Waals surface area contributed by atoms with Crippen LogP contribution >= 0.6 is 11.3 Å². The molecule has 1 aliphatic rings. The molecule has 4 heteroatoms. The van der Waals surface area contributed by atoms with Crippen LogP contribution in [0.25, 0.3) is 0 Å². The van der Waals surface area contributed by atoms with Crippen molar-refractivity contribution in [3.63, 3.8) is 0 Å². The highest BCUT2D eigenvalue weighted by Gasteiger charge is 2.20. The zero-order valence-corrected chi connectivity index (χ0v) is 9.39. The summed E-state index contributed by atoms with van der Waals surface area (Å²) in [4.78, 5) is 6.88. The van der Waals surface area contributed by atoms with Gasteiger partial charge in [0.1, 0.15) is 0 Å². The van der Waals surface area contributed by atoms with Crippen LogP contribution in [0.1, 0.15) is 17.1 Å². The van der Waals surface area contributed by atoms with Crippen LogP contribution in [0.2, 0.25) is 0 Å². The van der Waals surface area contributed by atoms with Gasteiger partial charge in [0.15, 0.2) is 0 Å². The first-order chi connectivity index (χ1) is 6.78. The van der Waals surface area contributed by atoms with E-state index >= 15 is 0 Å². The maximum absolute atomic E-state index is 5.53. The molecule has 0 radical (unpaired) electrons. The Morgan fingerprint density at radius 1 is 1.71 bits per heavy atom. The minimum atomic E-state index is 0.571. The van der Waals surface area contributed by atoms with E-state index in [0.717, 1.165) is 18.0 Å². The highest BCUT2D eigenvalue weighted by Crippen LogP contribution is 2.21. The number of nitrogens with zero attached hydrogens (tertiary/aromatic N) is 2. The summed E-state index contributed by atoms with van der Waals surface area (Å²) in [7, 11) is 2.19. The van der Waals surface area contributed by atoms with Crippen LogP contribution in [-0.4, -0.2) is 30.0 Å². The third-order valence-corrected chi connectivity index (χ3v) is 3.68. The smallest absolute Gasteiger partial charge is 0.0932 e. The van der Waals surface area contributed by atoms with E-state index in [0.29, 0.717) is 6.54 Å². The van der Waals surface area contributed by atoms with Crippen LogP contribution in [0.15, 0.2) is 5.38 Å². The number of aromatic nitrogens is 1. The Bertz CT molecular complexity index is 297. The Kier molecular flexibility index (Phi) is 3.15. The molecule has 0 amide bonds. The van der Waals surface area contributed by atoms with Crippen molar-refractivity contribution < 1.29 is 0 Å². The van der Waals surface area contributed by atoms with Crippen LogP contribution in [0.5, 0.6) is 0 Å². The lowest BCUT2D eigenvalue weighted by molar-refractivity contribution is 0.394. The fraction of sp³-hybridized carbons (Fsp3) is 0.700. The van der Waals surface area contributed by atoms with Gasteiger partial charge in [-0.1, -0.05) is 0 Å². The molecule has 14 heavy (non-hydrogen) atoms. The van der Waals surface area contributed by atoms with E-state index in [4.69, 9.17) is 5.73 Å². The van der Waals surface area contributed by atoms with E-state index in [2.05, 4.69) is 22.3 Å². The fourth-order valence-corrected chi connectivity index (χ4v) is 2.90. The van der Waals surface area contributed by atoms with Gasteiger partial charge in [0, 0.05) is 24.9 Å². The predicted octanol–water partition coefficient (Wildman–Crippen LogP) is 1.10. The first kappa shape index (κ1) is 10.1. The third-order valence-electron chi connectivity index (χ3n) is 2.76. The summed E-state index contributed by atoms with van der Waals surface area (Å²) in [6.45, 7) is 3.03. The van der Waals surface area contributed by atoms with Crippen molar-refractivity contribution in [2.75, 3.05) is 20.1 Å². The number of rotatable bonds is 3. The molecule has 2 rings (SSSR count). The van der Waals surface area contributed by atoms with Gasteiger partial charge in [-0.05, 0) is 25.9 Å². The second-order valence-corrected chi connectivity index (χ2v) is 5.00. The summed E-state index contributed by atoms with van der Waals surface area (Å²) in [6, 6.07) is 0. The molecule has 1 unspecified atom stereocenters. The molecule has 1 atom stereocenters. The van der Waals surface area contributed by atoms with E-state index in [9.17, 15) is 0 Å². The first-order valence-electron chi connectivity index (χ1n) is 5.10.